The van der Waals surface area contributed by atoms with Crippen LogP contribution in [-0.2, 0) is 4.79 Å². The number of aliphatic carboxylic acids is 1. The predicted molar refractivity (Wildman–Crippen MR) is 48.5 cm³/mol. The van der Waals surface area contributed by atoms with E-state index in [-0.39, 0.29) is 5.92 Å². The second-order valence-electron chi connectivity index (χ2n) is 2.91. The van der Waals surface area contributed by atoms with Crippen LogP contribution in [0, 0.1) is 5.92 Å². The number of nitrogens with one attached hydrogen (secondary N) is 1. The molecular weight excluding hydrogens is 190 g/mol. The third-order valence-corrected chi connectivity index (χ3v) is 2.90. The van der Waals surface area contributed by atoms with Gasteiger partial charge in [-0.15, -0.1) is 0 Å². The van der Waals surface area contributed by atoms with Crippen molar-refractivity contribution in [2.75, 3.05) is 0 Å². The minimum absolute atomic E-state index is 0.0626. The molecule has 0 aromatic carbocycles. The maximum absolute atomic E-state index is 10.8. The molecule has 1 aromatic heterocycles. The molecule has 1 unspecified atom stereocenters. The summed E-state index contributed by atoms with van der Waals surface area (Å²) in [5.74, 6) is -0.760. The number of rotatable bonds is 4. The van der Waals surface area contributed by atoms with Crippen LogP contribution >= 0.6 is 11.8 Å². The number of carbonyl (C=O) groups is 1. The van der Waals surface area contributed by atoms with Gasteiger partial charge in [-0.1, -0.05) is 25.6 Å². The zero-order valence-electron chi connectivity index (χ0n) is 7.39. The molecule has 0 aliphatic rings. The van der Waals surface area contributed by atoms with Crippen LogP contribution in [0.1, 0.15) is 13.8 Å². The summed E-state index contributed by atoms with van der Waals surface area (Å²) in [6.07, 6.45) is 1.36. The van der Waals surface area contributed by atoms with Gasteiger partial charge in [-0.05, 0) is 5.92 Å². The quantitative estimate of drug-likeness (QED) is 0.711. The van der Waals surface area contributed by atoms with E-state index in [1.54, 1.807) is 0 Å². The highest BCUT2D eigenvalue weighted by atomic mass is 32.2. The van der Waals surface area contributed by atoms with Crippen molar-refractivity contribution in [3.63, 3.8) is 0 Å². The lowest BCUT2D eigenvalue weighted by atomic mass is 10.1. The van der Waals surface area contributed by atoms with Gasteiger partial charge in [0.25, 0.3) is 0 Å². The summed E-state index contributed by atoms with van der Waals surface area (Å²) in [6.45, 7) is 3.73. The Morgan fingerprint density at radius 1 is 1.69 bits per heavy atom. The van der Waals surface area contributed by atoms with E-state index in [9.17, 15) is 4.79 Å². The number of aromatic nitrogens is 3. The monoisotopic (exact) mass is 201 g/mol. The highest BCUT2D eigenvalue weighted by molar-refractivity contribution is 8.00. The fraction of sp³-hybridized carbons (Fsp3) is 0.571. The number of nitrogens with zero attached hydrogens (tertiary/aromatic N) is 2. The Balaban J connectivity index is 2.63. The van der Waals surface area contributed by atoms with Crippen molar-refractivity contribution in [3.8, 4) is 0 Å². The fourth-order valence-corrected chi connectivity index (χ4v) is 1.67. The van der Waals surface area contributed by atoms with E-state index >= 15 is 0 Å². The topological polar surface area (TPSA) is 78.9 Å². The molecule has 0 aliphatic carbocycles. The van der Waals surface area contributed by atoms with Gasteiger partial charge in [0.2, 0.25) is 0 Å². The molecule has 0 radical (unpaired) electrons. The lowest BCUT2D eigenvalue weighted by molar-refractivity contribution is -0.137. The van der Waals surface area contributed by atoms with E-state index in [1.807, 2.05) is 13.8 Å². The predicted octanol–water partition coefficient (Wildman–Crippen LogP) is 1.01. The molecule has 0 aliphatic heterocycles. The van der Waals surface area contributed by atoms with Gasteiger partial charge in [0.05, 0.1) is 0 Å². The molecule has 1 heterocycles. The van der Waals surface area contributed by atoms with Gasteiger partial charge in [0.1, 0.15) is 11.6 Å². The van der Waals surface area contributed by atoms with Gasteiger partial charge in [-0.25, -0.2) is 4.98 Å². The van der Waals surface area contributed by atoms with Gasteiger partial charge in [0.15, 0.2) is 5.16 Å². The van der Waals surface area contributed by atoms with Crippen molar-refractivity contribution in [3.05, 3.63) is 6.33 Å². The summed E-state index contributed by atoms with van der Waals surface area (Å²) in [5.41, 5.74) is 0. The smallest absolute Gasteiger partial charge is 0.317 e. The second kappa shape index (κ2) is 4.27. The molecule has 5 nitrogen and oxygen atoms in total. The zero-order chi connectivity index (χ0) is 9.84. The summed E-state index contributed by atoms with van der Waals surface area (Å²) in [6, 6.07) is 0. The molecule has 1 atom stereocenters. The molecule has 6 heteroatoms. The molecule has 1 rings (SSSR count). The van der Waals surface area contributed by atoms with Crippen molar-refractivity contribution >= 4 is 17.7 Å². The number of carboxylic acid groups (broad SMARTS) is 1. The molecule has 1 aromatic rings. The highest BCUT2D eigenvalue weighted by Crippen LogP contribution is 2.24. The fourth-order valence-electron chi connectivity index (χ4n) is 0.843. The SMILES string of the molecule is CC(C)C(Sc1ncn[nH]1)C(=O)O. The van der Waals surface area contributed by atoms with E-state index in [4.69, 9.17) is 5.11 Å². The lowest BCUT2D eigenvalue weighted by Crippen LogP contribution is -2.22. The molecule has 0 amide bonds. The van der Waals surface area contributed by atoms with Crippen molar-refractivity contribution < 1.29 is 9.90 Å². The summed E-state index contributed by atoms with van der Waals surface area (Å²) < 4.78 is 0. The number of hydrogen-bond donors (Lipinski definition) is 2. The van der Waals surface area contributed by atoms with E-state index in [1.165, 1.54) is 18.1 Å². The molecule has 0 fully saturated rings. The summed E-state index contributed by atoms with van der Waals surface area (Å²) >= 11 is 1.18. The average Bonchev–Trinajstić information content (AvgIpc) is 2.50. The molecule has 0 bridgehead atoms. The van der Waals surface area contributed by atoms with E-state index in [2.05, 4.69) is 15.2 Å². The Labute approximate surface area is 80.0 Å². The highest BCUT2D eigenvalue weighted by Gasteiger charge is 2.23. The Morgan fingerprint density at radius 3 is 2.77 bits per heavy atom. The number of thioether (sulfide) groups is 1. The second-order valence-corrected chi connectivity index (χ2v) is 4.04. The molecule has 0 saturated heterocycles. The summed E-state index contributed by atoms with van der Waals surface area (Å²) in [5, 5.41) is 15.2. The van der Waals surface area contributed by atoms with Crippen LogP contribution in [-0.4, -0.2) is 31.5 Å². The van der Waals surface area contributed by atoms with Gasteiger partial charge in [-0.3, -0.25) is 9.89 Å². The van der Waals surface area contributed by atoms with Crippen molar-refractivity contribution in [1.29, 1.82) is 0 Å². The molecule has 72 valence electrons. The zero-order valence-corrected chi connectivity index (χ0v) is 8.21. The first-order valence-corrected chi connectivity index (χ1v) is 4.74. The normalized spacial score (nSPS) is 13.2. The van der Waals surface area contributed by atoms with Gasteiger partial charge in [0, 0.05) is 0 Å². The first kappa shape index (κ1) is 10.0. The number of hydrogen-bond acceptors (Lipinski definition) is 4. The van der Waals surface area contributed by atoms with Crippen molar-refractivity contribution in [2.45, 2.75) is 24.3 Å². The molecule has 0 saturated carbocycles. The van der Waals surface area contributed by atoms with Crippen LogP contribution in [0.2, 0.25) is 0 Å². The third-order valence-electron chi connectivity index (χ3n) is 1.48. The Bertz CT molecular complexity index is 273. The van der Waals surface area contributed by atoms with Crippen molar-refractivity contribution in [1.82, 2.24) is 15.2 Å². The lowest BCUT2D eigenvalue weighted by Gasteiger charge is -2.12. The van der Waals surface area contributed by atoms with Crippen LogP contribution in [0.15, 0.2) is 11.5 Å². The Kier molecular flexibility index (Phi) is 3.30. The standard InChI is InChI=1S/C7H11N3O2S/c1-4(2)5(6(11)12)13-7-8-3-9-10-7/h3-5H,1-2H3,(H,11,12)(H,8,9,10). The molecule has 13 heavy (non-hydrogen) atoms. The van der Waals surface area contributed by atoms with Crippen LogP contribution in [0.5, 0.6) is 0 Å². The van der Waals surface area contributed by atoms with E-state index < -0.39 is 11.2 Å². The third kappa shape index (κ3) is 2.73. The molecular formula is C7H11N3O2S. The number of carboxylic acids is 1. The minimum Gasteiger partial charge on any atom is -0.480 e. The van der Waals surface area contributed by atoms with E-state index in [0.717, 1.165) is 0 Å². The maximum atomic E-state index is 10.8. The first-order chi connectivity index (χ1) is 6.11. The molecule has 0 spiro atoms. The van der Waals surface area contributed by atoms with Crippen LogP contribution in [0.3, 0.4) is 0 Å². The number of H-pyrrole nitrogens is 1. The molecule has 2 N–H and O–H groups in total. The van der Waals surface area contributed by atoms with Crippen LogP contribution in [0.4, 0.5) is 0 Å². The van der Waals surface area contributed by atoms with Gasteiger partial charge in [-0.2, -0.15) is 5.10 Å². The average molecular weight is 201 g/mol. The van der Waals surface area contributed by atoms with Gasteiger partial charge >= 0.3 is 5.97 Å². The largest absolute Gasteiger partial charge is 0.480 e. The van der Waals surface area contributed by atoms with E-state index in [0.29, 0.717) is 5.16 Å². The summed E-state index contributed by atoms with van der Waals surface area (Å²) in [7, 11) is 0. The summed E-state index contributed by atoms with van der Waals surface area (Å²) in [4.78, 5) is 14.6. The number of aromatic amines is 1. The first-order valence-electron chi connectivity index (χ1n) is 3.86. The van der Waals surface area contributed by atoms with Crippen molar-refractivity contribution in [2.24, 2.45) is 5.92 Å². The van der Waals surface area contributed by atoms with Gasteiger partial charge < -0.3 is 5.11 Å². The Morgan fingerprint density at radius 2 is 2.38 bits per heavy atom. The van der Waals surface area contributed by atoms with Crippen LogP contribution in [0.25, 0.3) is 0 Å². The minimum atomic E-state index is -0.823. The maximum Gasteiger partial charge on any atom is 0.317 e. The Hall–Kier alpha value is -1.04. The van der Waals surface area contributed by atoms with Crippen LogP contribution < -0.4 is 0 Å².